The molecule has 0 N–H and O–H groups in total. The fraction of sp³-hybridized carbons (Fsp3) is 0.714. The minimum Gasteiger partial charge on any atom is -0.532 e. The van der Waals surface area contributed by atoms with E-state index in [-0.39, 0.29) is 0 Å². The van der Waals surface area contributed by atoms with E-state index in [0.717, 1.165) is 49.0 Å². The van der Waals surface area contributed by atoms with Gasteiger partial charge in [-0.05, 0) is 49.7 Å². The van der Waals surface area contributed by atoms with E-state index in [9.17, 15) is 0 Å². The molecule has 0 aliphatic heterocycles. The number of rotatable bonds is 4. The van der Waals surface area contributed by atoms with E-state index in [1.54, 1.807) is 0 Å². The molecule has 0 aromatic carbocycles. The monoisotopic (exact) mass is 234 g/mol. The van der Waals surface area contributed by atoms with Crippen LogP contribution in [-0.4, -0.2) is 7.69 Å². The first-order chi connectivity index (χ1) is 8.24. The lowest BCUT2D eigenvalue weighted by Gasteiger charge is -2.21. The van der Waals surface area contributed by atoms with E-state index in [4.69, 9.17) is 9.31 Å². The predicted molar refractivity (Wildman–Crippen MR) is 71.5 cm³/mol. The lowest BCUT2D eigenvalue weighted by atomic mass is 9.95. The van der Waals surface area contributed by atoms with Crippen molar-refractivity contribution in [3.05, 3.63) is 23.7 Å². The molecular weight excluding hydrogens is 211 g/mol. The Labute approximate surface area is 105 Å². The molecule has 17 heavy (non-hydrogen) atoms. The van der Waals surface area contributed by atoms with E-state index >= 15 is 0 Å². The molecule has 2 unspecified atom stereocenters. The molecule has 0 fully saturated rings. The highest BCUT2D eigenvalue weighted by atomic mass is 16.6. The molecule has 94 valence electrons. The lowest BCUT2D eigenvalue weighted by molar-refractivity contribution is 0.280. The van der Waals surface area contributed by atoms with E-state index in [2.05, 4.69) is 26.0 Å². The van der Waals surface area contributed by atoms with Crippen molar-refractivity contribution >= 4 is 7.69 Å². The summed E-state index contributed by atoms with van der Waals surface area (Å²) >= 11 is 0. The van der Waals surface area contributed by atoms with Crippen molar-refractivity contribution in [2.75, 3.05) is 0 Å². The molecule has 0 bridgehead atoms. The van der Waals surface area contributed by atoms with Crippen molar-refractivity contribution in [1.82, 2.24) is 0 Å². The zero-order valence-electron chi connectivity index (χ0n) is 11.1. The van der Waals surface area contributed by atoms with Gasteiger partial charge >= 0.3 is 7.69 Å². The van der Waals surface area contributed by atoms with Gasteiger partial charge in [-0.2, -0.15) is 0 Å². The number of hydrogen-bond donors (Lipinski definition) is 0. The third kappa shape index (κ3) is 4.14. The molecule has 0 heterocycles. The quantitative estimate of drug-likeness (QED) is 0.690. The minimum atomic E-state index is 0.389. The first kappa shape index (κ1) is 12.6. The average molecular weight is 234 g/mol. The van der Waals surface area contributed by atoms with Crippen LogP contribution in [0.3, 0.4) is 0 Å². The summed E-state index contributed by atoms with van der Waals surface area (Å²) in [7, 11) is 0.389. The first-order valence-electron chi connectivity index (χ1n) is 6.87. The molecule has 2 aliphatic rings. The molecule has 0 radical (unpaired) electrons. The SMILES string of the molecule is CC1CC=C(OBOC2=CCC(C)CC2)CC1. The van der Waals surface area contributed by atoms with Crippen LogP contribution in [0.25, 0.3) is 0 Å². The molecule has 0 spiro atoms. The average Bonchev–Trinajstić information content (AvgIpc) is 2.34. The van der Waals surface area contributed by atoms with Crippen LogP contribution < -0.4 is 0 Å². The van der Waals surface area contributed by atoms with E-state index in [1.807, 2.05) is 0 Å². The van der Waals surface area contributed by atoms with Crippen molar-refractivity contribution in [1.29, 1.82) is 0 Å². The van der Waals surface area contributed by atoms with Crippen LogP contribution >= 0.6 is 0 Å². The summed E-state index contributed by atoms with van der Waals surface area (Å²) in [5.41, 5.74) is 0. The highest BCUT2D eigenvalue weighted by Gasteiger charge is 2.14. The van der Waals surface area contributed by atoms with Gasteiger partial charge in [0.2, 0.25) is 0 Å². The largest absolute Gasteiger partial charge is 0.576 e. The Morgan fingerprint density at radius 3 is 1.76 bits per heavy atom. The summed E-state index contributed by atoms with van der Waals surface area (Å²) in [6, 6.07) is 0. The van der Waals surface area contributed by atoms with Gasteiger partial charge < -0.3 is 9.31 Å². The molecule has 0 amide bonds. The second-order valence-electron chi connectivity index (χ2n) is 5.51. The predicted octanol–water partition coefficient (Wildman–Crippen LogP) is 3.69. The molecule has 0 aromatic heterocycles. The summed E-state index contributed by atoms with van der Waals surface area (Å²) in [5.74, 6) is 3.86. The van der Waals surface area contributed by atoms with Crippen molar-refractivity contribution in [2.24, 2.45) is 11.8 Å². The Bertz CT molecular complexity index is 279. The van der Waals surface area contributed by atoms with Crippen LogP contribution in [0, 0.1) is 11.8 Å². The molecule has 3 heteroatoms. The molecule has 2 atom stereocenters. The fourth-order valence-corrected chi connectivity index (χ4v) is 2.33. The summed E-state index contributed by atoms with van der Waals surface area (Å²) in [6.45, 7) is 4.58. The van der Waals surface area contributed by atoms with Crippen LogP contribution in [0.5, 0.6) is 0 Å². The first-order valence-corrected chi connectivity index (χ1v) is 6.87. The molecule has 2 rings (SSSR count). The molecule has 0 saturated heterocycles. The van der Waals surface area contributed by atoms with Gasteiger partial charge in [0.25, 0.3) is 0 Å². The maximum absolute atomic E-state index is 5.66. The topological polar surface area (TPSA) is 18.5 Å². The summed E-state index contributed by atoms with van der Waals surface area (Å²) in [5, 5.41) is 0. The van der Waals surface area contributed by atoms with Gasteiger partial charge in [0.1, 0.15) is 0 Å². The molecule has 2 nitrogen and oxygen atoms in total. The van der Waals surface area contributed by atoms with E-state index in [0.29, 0.717) is 7.69 Å². The molecule has 0 aromatic rings. The van der Waals surface area contributed by atoms with Crippen LogP contribution in [0.4, 0.5) is 0 Å². The minimum absolute atomic E-state index is 0.389. The maximum Gasteiger partial charge on any atom is 0.576 e. The van der Waals surface area contributed by atoms with Gasteiger partial charge in [0.05, 0.1) is 11.5 Å². The number of hydrogen-bond acceptors (Lipinski definition) is 2. The Kier molecular flexibility index (Phi) is 4.58. The summed E-state index contributed by atoms with van der Waals surface area (Å²) in [6.07, 6.45) is 11.4. The van der Waals surface area contributed by atoms with Gasteiger partial charge in [-0.1, -0.05) is 13.8 Å². The zero-order chi connectivity index (χ0) is 12.1. The van der Waals surface area contributed by atoms with Crippen molar-refractivity contribution in [3.63, 3.8) is 0 Å². The summed E-state index contributed by atoms with van der Waals surface area (Å²) < 4.78 is 11.3. The smallest absolute Gasteiger partial charge is 0.532 e. The maximum atomic E-state index is 5.66. The lowest BCUT2D eigenvalue weighted by Crippen LogP contribution is -2.11. The Morgan fingerprint density at radius 2 is 1.41 bits per heavy atom. The van der Waals surface area contributed by atoms with Crippen LogP contribution in [-0.2, 0) is 9.31 Å². The Balaban J connectivity index is 1.66. The van der Waals surface area contributed by atoms with Crippen molar-refractivity contribution in [2.45, 2.75) is 52.4 Å². The highest BCUT2D eigenvalue weighted by Crippen LogP contribution is 2.25. The fourth-order valence-electron chi connectivity index (χ4n) is 2.33. The van der Waals surface area contributed by atoms with Gasteiger partial charge in [0, 0.05) is 12.8 Å². The normalized spacial score (nSPS) is 29.1. The summed E-state index contributed by atoms with van der Waals surface area (Å²) in [4.78, 5) is 0. The van der Waals surface area contributed by atoms with Crippen molar-refractivity contribution < 1.29 is 9.31 Å². The molecule has 0 saturated carbocycles. The van der Waals surface area contributed by atoms with Gasteiger partial charge in [0.15, 0.2) is 0 Å². The van der Waals surface area contributed by atoms with Crippen LogP contribution in [0.15, 0.2) is 23.7 Å². The standard InChI is InChI=1S/C14H23BO2/c1-11-3-7-13(8-4-11)16-15-17-14-9-5-12(2)6-10-14/h7,9,11-12,15H,3-6,8,10H2,1-2H3. The third-order valence-corrected chi connectivity index (χ3v) is 3.75. The Hall–Kier alpha value is -0.855. The molecule has 2 aliphatic carbocycles. The van der Waals surface area contributed by atoms with Crippen molar-refractivity contribution in [3.8, 4) is 0 Å². The van der Waals surface area contributed by atoms with Crippen LogP contribution in [0.1, 0.15) is 52.4 Å². The Morgan fingerprint density at radius 1 is 0.941 bits per heavy atom. The van der Waals surface area contributed by atoms with E-state index < -0.39 is 0 Å². The van der Waals surface area contributed by atoms with E-state index in [1.165, 1.54) is 12.8 Å². The van der Waals surface area contributed by atoms with Gasteiger partial charge in [-0.25, -0.2) is 0 Å². The highest BCUT2D eigenvalue weighted by molar-refractivity contribution is 6.19. The second kappa shape index (κ2) is 6.18. The van der Waals surface area contributed by atoms with Crippen LogP contribution in [0.2, 0.25) is 0 Å². The van der Waals surface area contributed by atoms with Gasteiger partial charge in [-0.3, -0.25) is 0 Å². The zero-order valence-corrected chi connectivity index (χ0v) is 11.1. The third-order valence-electron chi connectivity index (χ3n) is 3.75. The second-order valence-corrected chi connectivity index (χ2v) is 5.51. The van der Waals surface area contributed by atoms with Gasteiger partial charge in [-0.15, -0.1) is 0 Å². The molecular formula is C14H23BO2. The number of allylic oxidation sites excluding steroid dienone is 4.